The number of nitrogens with one attached hydrogen (secondary N) is 1. The number of carbonyl (C=O) groups is 1. The Balaban J connectivity index is 1.50. The monoisotopic (exact) mass is 343 g/mol. The van der Waals surface area contributed by atoms with E-state index in [0.29, 0.717) is 4.88 Å². The molecule has 0 aliphatic carbocycles. The minimum absolute atomic E-state index is 0.267. The molecule has 0 radical (unpaired) electrons. The smallest absolute Gasteiger partial charge is 0.345 e. The van der Waals surface area contributed by atoms with Crippen molar-refractivity contribution in [3.63, 3.8) is 0 Å². The molecule has 6 nitrogen and oxygen atoms in total. The van der Waals surface area contributed by atoms with Gasteiger partial charge < -0.3 is 9.52 Å². The van der Waals surface area contributed by atoms with E-state index in [9.17, 15) is 4.79 Å². The SMILES string of the molecule is O=C(O)c1ccc(C2CCCN2Cc2ccc(-c3ccn[nH]3)o2)s1. The molecule has 7 heteroatoms. The maximum absolute atomic E-state index is 11.1. The van der Waals surface area contributed by atoms with Crippen LogP contribution in [0.1, 0.15) is 39.2 Å². The number of nitrogens with zero attached hydrogens (tertiary/aromatic N) is 2. The Morgan fingerprint density at radius 1 is 1.38 bits per heavy atom. The molecule has 0 aromatic carbocycles. The Morgan fingerprint density at radius 2 is 2.29 bits per heavy atom. The van der Waals surface area contributed by atoms with Gasteiger partial charge in [-0.15, -0.1) is 11.3 Å². The van der Waals surface area contributed by atoms with Crippen molar-refractivity contribution >= 4 is 17.3 Å². The van der Waals surface area contributed by atoms with E-state index in [1.807, 2.05) is 24.3 Å². The Kier molecular flexibility index (Phi) is 3.95. The van der Waals surface area contributed by atoms with Crippen molar-refractivity contribution in [1.82, 2.24) is 15.1 Å². The third-order valence-electron chi connectivity index (χ3n) is 4.32. The fourth-order valence-electron chi connectivity index (χ4n) is 3.19. The number of likely N-dealkylation sites (tertiary alicyclic amines) is 1. The van der Waals surface area contributed by atoms with Gasteiger partial charge in [-0.2, -0.15) is 5.10 Å². The lowest BCUT2D eigenvalue weighted by Crippen LogP contribution is -2.21. The summed E-state index contributed by atoms with van der Waals surface area (Å²) in [5.74, 6) is 0.829. The number of aromatic amines is 1. The van der Waals surface area contributed by atoms with E-state index in [2.05, 4.69) is 15.1 Å². The predicted molar refractivity (Wildman–Crippen MR) is 90.0 cm³/mol. The van der Waals surface area contributed by atoms with Crippen LogP contribution in [0.15, 0.2) is 40.9 Å². The van der Waals surface area contributed by atoms with Gasteiger partial charge in [-0.1, -0.05) is 0 Å². The van der Waals surface area contributed by atoms with Gasteiger partial charge in [0.15, 0.2) is 5.76 Å². The van der Waals surface area contributed by atoms with E-state index in [1.165, 1.54) is 11.3 Å². The third kappa shape index (κ3) is 2.88. The largest absolute Gasteiger partial charge is 0.477 e. The summed E-state index contributed by atoms with van der Waals surface area (Å²) in [6.07, 6.45) is 3.86. The number of aromatic nitrogens is 2. The van der Waals surface area contributed by atoms with Crippen molar-refractivity contribution in [2.75, 3.05) is 6.54 Å². The maximum atomic E-state index is 11.1. The van der Waals surface area contributed by atoms with Gasteiger partial charge in [0.25, 0.3) is 0 Å². The van der Waals surface area contributed by atoms with Gasteiger partial charge in [0.05, 0.1) is 6.54 Å². The molecule has 0 saturated carbocycles. The zero-order valence-corrected chi connectivity index (χ0v) is 13.8. The van der Waals surface area contributed by atoms with Crippen molar-refractivity contribution < 1.29 is 14.3 Å². The Labute approximate surface area is 142 Å². The number of H-pyrrole nitrogens is 1. The molecule has 24 heavy (non-hydrogen) atoms. The summed E-state index contributed by atoms with van der Waals surface area (Å²) in [6, 6.07) is 9.71. The topological polar surface area (TPSA) is 82.4 Å². The van der Waals surface area contributed by atoms with Crippen LogP contribution >= 0.6 is 11.3 Å². The van der Waals surface area contributed by atoms with E-state index in [0.717, 1.165) is 48.0 Å². The Morgan fingerprint density at radius 3 is 3.04 bits per heavy atom. The molecular weight excluding hydrogens is 326 g/mol. The number of carboxylic acid groups (broad SMARTS) is 1. The molecule has 1 atom stereocenters. The summed E-state index contributed by atoms with van der Waals surface area (Å²) >= 11 is 1.37. The number of rotatable bonds is 5. The van der Waals surface area contributed by atoms with Crippen molar-refractivity contribution in [2.24, 2.45) is 0 Å². The fraction of sp³-hybridized carbons (Fsp3) is 0.294. The first-order valence-corrected chi connectivity index (χ1v) is 8.68. The van der Waals surface area contributed by atoms with Gasteiger partial charge in [0, 0.05) is 17.1 Å². The highest BCUT2D eigenvalue weighted by molar-refractivity contribution is 7.14. The molecule has 1 unspecified atom stereocenters. The van der Waals surface area contributed by atoms with Crippen LogP contribution in [0.2, 0.25) is 0 Å². The summed E-state index contributed by atoms with van der Waals surface area (Å²) in [5.41, 5.74) is 0.864. The summed E-state index contributed by atoms with van der Waals surface area (Å²) in [5, 5.41) is 15.9. The molecular formula is C17H17N3O3S. The Hall–Kier alpha value is -2.38. The minimum atomic E-state index is -0.856. The highest BCUT2D eigenvalue weighted by Crippen LogP contribution is 2.37. The molecule has 2 N–H and O–H groups in total. The molecule has 4 rings (SSSR count). The minimum Gasteiger partial charge on any atom is -0.477 e. The van der Waals surface area contributed by atoms with Crippen LogP contribution in [-0.4, -0.2) is 32.7 Å². The molecule has 3 aromatic rings. The molecule has 0 amide bonds. The second-order valence-corrected chi connectivity index (χ2v) is 6.99. The molecule has 1 aliphatic rings. The first-order valence-electron chi connectivity index (χ1n) is 7.86. The predicted octanol–water partition coefficient (Wildman–Crippen LogP) is 3.77. The van der Waals surface area contributed by atoms with Gasteiger partial charge in [-0.05, 0) is 49.7 Å². The van der Waals surface area contributed by atoms with Crippen LogP contribution in [0, 0.1) is 0 Å². The van der Waals surface area contributed by atoms with E-state index in [1.54, 1.807) is 12.3 Å². The number of aromatic carboxylic acids is 1. The normalized spacial score (nSPS) is 18.2. The first kappa shape index (κ1) is 15.2. The molecule has 1 aliphatic heterocycles. The number of hydrogen-bond donors (Lipinski definition) is 2. The van der Waals surface area contributed by atoms with Crippen LogP contribution in [0.25, 0.3) is 11.5 Å². The second-order valence-electron chi connectivity index (χ2n) is 5.87. The van der Waals surface area contributed by atoms with Crippen LogP contribution < -0.4 is 0 Å². The van der Waals surface area contributed by atoms with Crippen LogP contribution in [0.3, 0.4) is 0 Å². The van der Waals surface area contributed by atoms with Crippen molar-refractivity contribution in [2.45, 2.75) is 25.4 Å². The lowest BCUT2D eigenvalue weighted by molar-refractivity contribution is 0.0702. The standard InChI is InChI=1S/C17H17N3O3S/c21-17(22)16-6-5-15(24-16)13-2-1-9-20(13)10-11-3-4-14(23-11)12-7-8-18-19-12/h3-8,13H,1-2,9-10H2,(H,18,19)(H,21,22). The molecule has 3 aromatic heterocycles. The summed E-state index contributed by atoms with van der Waals surface area (Å²) < 4.78 is 5.91. The maximum Gasteiger partial charge on any atom is 0.345 e. The molecule has 124 valence electrons. The third-order valence-corrected chi connectivity index (χ3v) is 5.49. The summed E-state index contributed by atoms with van der Waals surface area (Å²) in [4.78, 5) is 15.0. The average molecular weight is 343 g/mol. The lowest BCUT2D eigenvalue weighted by atomic mass is 10.2. The van der Waals surface area contributed by atoms with Crippen LogP contribution in [0.5, 0.6) is 0 Å². The number of carboxylic acids is 1. The summed E-state index contributed by atoms with van der Waals surface area (Å²) in [6.45, 7) is 1.71. The summed E-state index contributed by atoms with van der Waals surface area (Å²) in [7, 11) is 0. The molecule has 1 saturated heterocycles. The van der Waals surface area contributed by atoms with Gasteiger partial charge >= 0.3 is 5.97 Å². The van der Waals surface area contributed by atoms with Crippen molar-refractivity contribution in [3.8, 4) is 11.5 Å². The molecule has 0 spiro atoms. The number of thiophene rings is 1. The van der Waals surface area contributed by atoms with Gasteiger partial charge in [0.2, 0.25) is 0 Å². The van der Waals surface area contributed by atoms with Crippen LogP contribution in [-0.2, 0) is 6.54 Å². The highest BCUT2D eigenvalue weighted by Gasteiger charge is 2.28. The quantitative estimate of drug-likeness (QED) is 0.737. The van der Waals surface area contributed by atoms with Gasteiger partial charge in [-0.3, -0.25) is 10.00 Å². The van der Waals surface area contributed by atoms with E-state index < -0.39 is 5.97 Å². The van der Waals surface area contributed by atoms with Crippen LogP contribution in [0.4, 0.5) is 0 Å². The zero-order chi connectivity index (χ0) is 16.5. The van der Waals surface area contributed by atoms with E-state index in [-0.39, 0.29) is 6.04 Å². The number of furan rings is 1. The molecule has 1 fully saturated rings. The van der Waals surface area contributed by atoms with Gasteiger partial charge in [0.1, 0.15) is 16.3 Å². The first-order chi connectivity index (χ1) is 11.7. The average Bonchev–Trinajstić information content (AvgIpc) is 3.35. The van der Waals surface area contributed by atoms with E-state index >= 15 is 0 Å². The van der Waals surface area contributed by atoms with Crippen molar-refractivity contribution in [1.29, 1.82) is 0 Å². The van der Waals surface area contributed by atoms with Crippen molar-refractivity contribution in [3.05, 3.63) is 52.0 Å². The fourth-order valence-corrected chi connectivity index (χ4v) is 4.20. The number of hydrogen-bond acceptors (Lipinski definition) is 5. The Bertz CT molecular complexity index is 837. The van der Waals surface area contributed by atoms with E-state index in [4.69, 9.17) is 9.52 Å². The highest BCUT2D eigenvalue weighted by atomic mass is 32.1. The lowest BCUT2D eigenvalue weighted by Gasteiger charge is -2.22. The van der Waals surface area contributed by atoms with Gasteiger partial charge in [-0.25, -0.2) is 4.79 Å². The zero-order valence-electron chi connectivity index (χ0n) is 12.9. The molecule has 0 bridgehead atoms. The molecule has 4 heterocycles. The second kappa shape index (κ2) is 6.26.